The van der Waals surface area contributed by atoms with E-state index in [0.717, 1.165) is 0 Å². The summed E-state index contributed by atoms with van der Waals surface area (Å²) in [5.74, 6) is -0.630. The number of methoxy groups -OCH3 is 1. The van der Waals surface area contributed by atoms with Gasteiger partial charge in [0.15, 0.2) is 0 Å². The normalized spacial score (nSPS) is 12.1. The van der Waals surface area contributed by atoms with E-state index in [0.29, 0.717) is 26.1 Å². The first kappa shape index (κ1) is 14.8. The minimum absolute atomic E-state index is 0.0720. The summed E-state index contributed by atoms with van der Waals surface area (Å²) in [4.78, 5) is 21.7. The third kappa shape index (κ3) is 8.16. The zero-order valence-electron chi connectivity index (χ0n) is 9.49. The highest BCUT2D eigenvalue weighted by molar-refractivity contribution is 5.79. The summed E-state index contributed by atoms with van der Waals surface area (Å²) in [6.45, 7) is 1.72. The van der Waals surface area contributed by atoms with Crippen LogP contribution in [0.4, 0.5) is 0 Å². The van der Waals surface area contributed by atoms with Gasteiger partial charge in [0.2, 0.25) is 11.8 Å². The number of carbonyl (C=O) groups is 2. The highest BCUT2D eigenvalue weighted by Gasteiger charge is 2.08. The number of primary amides is 1. The molecule has 94 valence electrons. The predicted molar refractivity (Wildman–Crippen MR) is 59.5 cm³/mol. The zero-order valence-corrected chi connectivity index (χ0v) is 9.49. The van der Waals surface area contributed by atoms with Crippen molar-refractivity contribution in [2.45, 2.75) is 12.5 Å². The molecule has 0 aliphatic heterocycles. The summed E-state index contributed by atoms with van der Waals surface area (Å²) < 4.78 is 4.78. The standard InChI is InChI=1S/C9H20N4O3/c1-16-5-4-13-8(14)2-3-12-6-7(10)9(11)15/h7,12H,2-6,10H2,1H3,(H2,11,15)(H,13,14). The van der Waals surface area contributed by atoms with Crippen LogP contribution < -0.4 is 22.1 Å². The third-order valence-corrected chi connectivity index (χ3v) is 1.89. The van der Waals surface area contributed by atoms with Crippen LogP contribution in [0, 0.1) is 0 Å². The fourth-order valence-electron chi connectivity index (χ4n) is 0.941. The number of hydrogen-bond donors (Lipinski definition) is 4. The van der Waals surface area contributed by atoms with Gasteiger partial charge in [-0.3, -0.25) is 9.59 Å². The van der Waals surface area contributed by atoms with Gasteiger partial charge < -0.3 is 26.8 Å². The van der Waals surface area contributed by atoms with Gasteiger partial charge in [-0.25, -0.2) is 0 Å². The average molecular weight is 232 g/mol. The Morgan fingerprint density at radius 2 is 2.06 bits per heavy atom. The Labute approximate surface area is 94.9 Å². The molecule has 16 heavy (non-hydrogen) atoms. The van der Waals surface area contributed by atoms with Gasteiger partial charge in [-0.2, -0.15) is 0 Å². The topological polar surface area (TPSA) is 119 Å². The second-order valence-corrected chi connectivity index (χ2v) is 3.31. The molecule has 0 saturated heterocycles. The van der Waals surface area contributed by atoms with Gasteiger partial charge in [-0.15, -0.1) is 0 Å². The van der Waals surface area contributed by atoms with Crippen molar-refractivity contribution in [3.05, 3.63) is 0 Å². The highest BCUT2D eigenvalue weighted by atomic mass is 16.5. The van der Waals surface area contributed by atoms with E-state index in [9.17, 15) is 9.59 Å². The van der Waals surface area contributed by atoms with Gasteiger partial charge in [0.1, 0.15) is 0 Å². The molecule has 0 aromatic heterocycles. The van der Waals surface area contributed by atoms with Crippen molar-refractivity contribution in [1.29, 1.82) is 0 Å². The Hall–Kier alpha value is -1.18. The van der Waals surface area contributed by atoms with Crippen molar-refractivity contribution >= 4 is 11.8 Å². The molecule has 0 aromatic carbocycles. The molecule has 1 unspecified atom stereocenters. The summed E-state index contributed by atoms with van der Waals surface area (Å²) in [5, 5.41) is 5.54. The molecule has 7 nitrogen and oxygen atoms in total. The monoisotopic (exact) mass is 232 g/mol. The van der Waals surface area contributed by atoms with Gasteiger partial charge in [-0.05, 0) is 0 Å². The van der Waals surface area contributed by atoms with Crippen LogP contribution in [0.1, 0.15) is 6.42 Å². The largest absolute Gasteiger partial charge is 0.383 e. The van der Waals surface area contributed by atoms with Crippen LogP contribution in [0.5, 0.6) is 0 Å². The van der Waals surface area contributed by atoms with Crippen LogP contribution >= 0.6 is 0 Å². The van der Waals surface area contributed by atoms with Crippen LogP contribution in [0.15, 0.2) is 0 Å². The lowest BCUT2D eigenvalue weighted by atomic mass is 10.3. The number of ether oxygens (including phenoxy) is 1. The number of rotatable bonds is 9. The first-order valence-electron chi connectivity index (χ1n) is 5.09. The number of amides is 2. The quantitative estimate of drug-likeness (QED) is 0.329. The van der Waals surface area contributed by atoms with Crippen LogP contribution in [-0.2, 0) is 14.3 Å². The summed E-state index contributed by atoms with van der Waals surface area (Å²) in [5.41, 5.74) is 10.3. The average Bonchev–Trinajstić information content (AvgIpc) is 2.24. The van der Waals surface area contributed by atoms with Crippen LogP contribution in [0.2, 0.25) is 0 Å². The first-order chi connectivity index (χ1) is 7.57. The Morgan fingerprint density at radius 3 is 2.62 bits per heavy atom. The first-order valence-corrected chi connectivity index (χ1v) is 5.09. The molecule has 0 bridgehead atoms. The maximum atomic E-state index is 11.2. The molecule has 0 rings (SSSR count). The molecular weight excluding hydrogens is 212 g/mol. The highest BCUT2D eigenvalue weighted by Crippen LogP contribution is 1.79. The van der Waals surface area contributed by atoms with Crippen LogP contribution in [-0.4, -0.2) is 51.2 Å². The van der Waals surface area contributed by atoms with Gasteiger partial charge in [0.25, 0.3) is 0 Å². The fraction of sp³-hybridized carbons (Fsp3) is 0.778. The molecule has 0 fully saturated rings. The Kier molecular flexibility index (Phi) is 8.41. The van der Waals surface area contributed by atoms with Crippen molar-refractivity contribution < 1.29 is 14.3 Å². The Bertz CT molecular complexity index is 223. The predicted octanol–water partition coefficient (Wildman–Crippen LogP) is -2.46. The summed E-state index contributed by atoms with van der Waals surface area (Å²) in [6, 6.07) is -0.712. The zero-order chi connectivity index (χ0) is 12.4. The summed E-state index contributed by atoms with van der Waals surface area (Å²) >= 11 is 0. The van der Waals surface area contributed by atoms with Crippen molar-refractivity contribution in [2.24, 2.45) is 11.5 Å². The van der Waals surface area contributed by atoms with E-state index in [1.807, 2.05) is 0 Å². The van der Waals surface area contributed by atoms with E-state index in [1.165, 1.54) is 0 Å². The third-order valence-electron chi connectivity index (χ3n) is 1.89. The van der Waals surface area contributed by atoms with Gasteiger partial charge >= 0.3 is 0 Å². The number of hydrogen-bond acceptors (Lipinski definition) is 5. The lowest BCUT2D eigenvalue weighted by Crippen LogP contribution is -2.44. The lowest BCUT2D eigenvalue weighted by molar-refractivity contribution is -0.121. The molecular formula is C9H20N4O3. The van der Waals surface area contributed by atoms with Crippen LogP contribution in [0.25, 0.3) is 0 Å². The summed E-state index contributed by atoms with van der Waals surface area (Å²) in [6.07, 6.45) is 0.329. The van der Waals surface area contributed by atoms with E-state index in [1.54, 1.807) is 7.11 Å². The fourth-order valence-corrected chi connectivity index (χ4v) is 0.941. The number of nitrogens with one attached hydrogen (secondary N) is 2. The van der Waals surface area contributed by atoms with E-state index in [-0.39, 0.29) is 12.5 Å². The molecule has 6 N–H and O–H groups in total. The van der Waals surface area contributed by atoms with E-state index < -0.39 is 11.9 Å². The summed E-state index contributed by atoms with van der Waals surface area (Å²) in [7, 11) is 1.57. The minimum Gasteiger partial charge on any atom is -0.383 e. The minimum atomic E-state index is -0.712. The second kappa shape index (κ2) is 9.08. The Balaban J connectivity index is 3.37. The molecule has 0 aliphatic rings. The van der Waals surface area contributed by atoms with Crippen LogP contribution in [0.3, 0.4) is 0 Å². The molecule has 1 atom stereocenters. The smallest absolute Gasteiger partial charge is 0.235 e. The molecule has 0 aromatic rings. The maximum absolute atomic E-state index is 11.2. The van der Waals surface area contributed by atoms with Gasteiger partial charge in [0, 0.05) is 33.2 Å². The van der Waals surface area contributed by atoms with Crippen molar-refractivity contribution in [3.63, 3.8) is 0 Å². The molecule has 2 amide bonds. The van der Waals surface area contributed by atoms with E-state index in [4.69, 9.17) is 16.2 Å². The molecule has 0 heterocycles. The molecule has 0 radical (unpaired) electrons. The van der Waals surface area contributed by atoms with Crippen molar-refractivity contribution in [3.8, 4) is 0 Å². The van der Waals surface area contributed by atoms with Gasteiger partial charge in [0.05, 0.1) is 12.6 Å². The Morgan fingerprint density at radius 1 is 1.38 bits per heavy atom. The SMILES string of the molecule is COCCNC(=O)CCNCC(N)C(N)=O. The lowest BCUT2D eigenvalue weighted by Gasteiger charge is -2.09. The molecule has 0 aliphatic carbocycles. The van der Waals surface area contributed by atoms with Crippen molar-refractivity contribution in [2.75, 3.05) is 33.4 Å². The van der Waals surface area contributed by atoms with E-state index in [2.05, 4.69) is 10.6 Å². The maximum Gasteiger partial charge on any atom is 0.235 e. The van der Waals surface area contributed by atoms with Gasteiger partial charge in [-0.1, -0.05) is 0 Å². The number of carbonyl (C=O) groups excluding carboxylic acids is 2. The molecule has 0 spiro atoms. The molecule has 0 saturated carbocycles. The second-order valence-electron chi connectivity index (χ2n) is 3.31. The number of nitrogens with two attached hydrogens (primary N) is 2. The molecule has 7 heteroatoms. The van der Waals surface area contributed by atoms with Crippen molar-refractivity contribution in [1.82, 2.24) is 10.6 Å². The van der Waals surface area contributed by atoms with E-state index >= 15 is 0 Å².